The van der Waals surface area contributed by atoms with Gasteiger partial charge in [-0.3, -0.25) is 4.79 Å². The van der Waals surface area contributed by atoms with E-state index in [-0.39, 0.29) is 20.6 Å². The Balaban J connectivity index is 1.46. The van der Waals surface area contributed by atoms with E-state index in [1.54, 1.807) is 0 Å². The number of carbonyl (C=O) groups is 1. The second-order valence-electron chi connectivity index (χ2n) is 7.87. The number of benzene rings is 2. The molecule has 180 valence electrons. The number of hydrogen-bond acceptors (Lipinski definition) is 6. The summed E-state index contributed by atoms with van der Waals surface area (Å²) in [6.07, 6.45) is 3.72. The molecule has 1 N–H and O–H groups in total. The minimum atomic E-state index is -3.95. The molecule has 0 radical (unpaired) electrons. The standard InChI is InChI=1S/C23H23ClN2O6S2/c24-17-5-9-19(10-6-17)33(28,29)22-14-13-21(32-22)23(27)25-18-7-11-20(12-8-18)34(30,31)26-15-3-1-2-4-16-26/h5-14H,1-4,15-16H2,(H,25,27). The van der Waals surface area contributed by atoms with E-state index in [1.165, 1.54) is 65.0 Å². The summed E-state index contributed by atoms with van der Waals surface area (Å²) in [5.74, 6) is -0.866. The minimum Gasteiger partial charge on any atom is -0.439 e. The average molecular weight is 523 g/mol. The summed E-state index contributed by atoms with van der Waals surface area (Å²) in [4.78, 5) is 12.7. The zero-order valence-corrected chi connectivity index (χ0v) is 20.5. The van der Waals surface area contributed by atoms with Gasteiger partial charge >= 0.3 is 0 Å². The highest BCUT2D eigenvalue weighted by Crippen LogP contribution is 2.25. The van der Waals surface area contributed by atoms with Crippen LogP contribution in [0, 0.1) is 0 Å². The zero-order chi connectivity index (χ0) is 24.3. The Morgan fingerprint density at radius 2 is 1.38 bits per heavy atom. The second-order valence-corrected chi connectivity index (χ2v) is 12.1. The first kappa shape index (κ1) is 24.5. The van der Waals surface area contributed by atoms with Crippen molar-refractivity contribution in [2.45, 2.75) is 40.6 Å². The van der Waals surface area contributed by atoms with Gasteiger partial charge in [0.15, 0.2) is 5.76 Å². The van der Waals surface area contributed by atoms with Gasteiger partial charge in [-0.2, -0.15) is 4.31 Å². The summed E-state index contributed by atoms with van der Waals surface area (Å²) >= 11 is 5.80. The number of furan rings is 1. The number of hydrogen-bond donors (Lipinski definition) is 1. The van der Waals surface area contributed by atoms with Gasteiger partial charge < -0.3 is 9.73 Å². The SMILES string of the molecule is O=C(Nc1ccc(S(=O)(=O)N2CCCCCC2)cc1)c1ccc(S(=O)(=O)c2ccc(Cl)cc2)o1. The minimum absolute atomic E-state index is 0.0144. The predicted molar refractivity (Wildman–Crippen MR) is 127 cm³/mol. The van der Waals surface area contributed by atoms with Crippen LogP contribution in [0.15, 0.2) is 80.0 Å². The number of amides is 1. The van der Waals surface area contributed by atoms with Crippen LogP contribution in [0.1, 0.15) is 36.2 Å². The third kappa shape index (κ3) is 5.20. The monoisotopic (exact) mass is 522 g/mol. The van der Waals surface area contributed by atoms with Crippen molar-refractivity contribution >= 4 is 43.1 Å². The van der Waals surface area contributed by atoms with E-state index in [0.717, 1.165) is 25.7 Å². The number of halogens is 1. The molecule has 1 amide bonds. The van der Waals surface area contributed by atoms with Crippen LogP contribution in [0.3, 0.4) is 0 Å². The number of sulfone groups is 1. The molecule has 0 bridgehead atoms. The van der Waals surface area contributed by atoms with Crippen LogP contribution < -0.4 is 5.32 Å². The first-order valence-electron chi connectivity index (χ1n) is 10.7. The summed E-state index contributed by atoms with van der Waals surface area (Å²) in [5.41, 5.74) is 0.346. The van der Waals surface area contributed by atoms with E-state index in [1.807, 2.05) is 0 Å². The zero-order valence-electron chi connectivity index (χ0n) is 18.1. The predicted octanol–water partition coefficient (Wildman–Crippen LogP) is 4.58. The summed E-state index contributed by atoms with van der Waals surface area (Å²) in [6.45, 7) is 1.00. The fourth-order valence-electron chi connectivity index (χ4n) is 3.65. The maximum atomic E-state index is 12.9. The molecule has 1 saturated heterocycles. The Morgan fingerprint density at radius 1 is 0.794 bits per heavy atom. The number of sulfonamides is 1. The Kier molecular flexibility index (Phi) is 7.13. The molecule has 11 heteroatoms. The van der Waals surface area contributed by atoms with Crippen LogP contribution in [0.5, 0.6) is 0 Å². The largest absolute Gasteiger partial charge is 0.439 e. The molecular weight excluding hydrogens is 500 g/mol. The molecule has 0 spiro atoms. The van der Waals surface area contributed by atoms with E-state index in [2.05, 4.69) is 5.32 Å². The lowest BCUT2D eigenvalue weighted by Crippen LogP contribution is -2.31. The number of nitrogens with one attached hydrogen (secondary N) is 1. The van der Waals surface area contributed by atoms with Crippen molar-refractivity contribution in [3.05, 3.63) is 71.4 Å². The molecule has 3 aromatic rings. The van der Waals surface area contributed by atoms with Gasteiger partial charge in [0.2, 0.25) is 25.0 Å². The van der Waals surface area contributed by atoms with E-state index in [9.17, 15) is 21.6 Å². The second kappa shape index (κ2) is 9.91. The van der Waals surface area contributed by atoms with Crippen molar-refractivity contribution in [2.24, 2.45) is 0 Å². The number of nitrogens with zero attached hydrogens (tertiary/aromatic N) is 1. The molecule has 0 unspecified atom stereocenters. The van der Waals surface area contributed by atoms with Gasteiger partial charge in [-0.15, -0.1) is 0 Å². The summed E-state index contributed by atoms with van der Waals surface area (Å²) < 4.78 is 58.0. The molecular formula is C23H23ClN2O6S2. The fourth-order valence-corrected chi connectivity index (χ4v) is 6.47. The van der Waals surface area contributed by atoms with Gasteiger partial charge in [0.1, 0.15) is 0 Å². The normalized spacial score (nSPS) is 15.6. The van der Waals surface area contributed by atoms with Crippen molar-refractivity contribution < 1.29 is 26.0 Å². The van der Waals surface area contributed by atoms with Crippen molar-refractivity contribution in [2.75, 3.05) is 18.4 Å². The van der Waals surface area contributed by atoms with Crippen LogP contribution >= 0.6 is 11.6 Å². The molecule has 0 atom stereocenters. The molecule has 4 rings (SSSR count). The van der Waals surface area contributed by atoms with Gasteiger partial charge in [0, 0.05) is 23.8 Å². The first-order chi connectivity index (χ1) is 16.2. The summed E-state index contributed by atoms with van der Waals surface area (Å²) in [7, 11) is -7.55. The highest BCUT2D eigenvalue weighted by Gasteiger charge is 2.26. The number of carbonyl (C=O) groups excluding carboxylic acids is 1. The molecule has 2 heterocycles. The van der Waals surface area contributed by atoms with Crippen molar-refractivity contribution in [1.82, 2.24) is 4.31 Å². The van der Waals surface area contributed by atoms with Crippen LogP contribution in [-0.2, 0) is 19.9 Å². The van der Waals surface area contributed by atoms with Crippen LogP contribution in [0.2, 0.25) is 5.02 Å². The van der Waals surface area contributed by atoms with Crippen molar-refractivity contribution in [3.8, 4) is 0 Å². The van der Waals surface area contributed by atoms with Crippen molar-refractivity contribution in [1.29, 1.82) is 0 Å². The van der Waals surface area contributed by atoms with Gasteiger partial charge in [-0.25, -0.2) is 16.8 Å². The van der Waals surface area contributed by atoms with Gasteiger partial charge in [-0.1, -0.05) is 24.4 Å². The molecule has 34 heavy (non-hydrogen) atoms. The smallest absolute Gasteiger partial charge is 0.291 e. The Morgan fingerprint density at radius 3 is 2.00 bits per heavy atom. The summed E-state index contributed by atoms with van der Waals surface area (Å²) in [5, 5.41) is 2.60. The average Bonchev–Trinajstić information content (AvgIpc) is 3.16. The summed E-state index contributed by atoms with van der Waals surface area (Å²) in [6, 6.07) is 13.9. The Hall–Kier alpha value is -2.66. The highest BCUT2D eigenvalue weighted by atomic mass is 35.5. The van der Waals surface area contributed by atoms with Crippen LogP contribution in [0.25, 0.3) is 0 Å². The molecule has 2 aromatic carbocycles. The molecule has 1 fully saturated rings. The number of rotatable bonds is 6. The molecule has 0 aliphatic carbocycles. The van der Waals surface area contributed by atoms with Crippen LogP contribution in [-0.4, -0.2) is 40.1 Å². The lowest BCUT2D eigenvalue weighted by atomic mass is 10.2. The lowest BCUT2D eigenvalue weighted by Gasteiger charge is -2.20. The van der Waals surface area contributed by atoms with Crippen molar-refractivity contribution in [3.63, 3.8) is 0 Å². The lowest BCUT2D eigenvalue weighted by molar-refractivity contribution is 0.0991. The quantitative estimate of drug-likeness (QED) is 0.506. The molecule has 1 aromatic heterocycles. The number of anilines is 1. The van der Waals surface area contributed by atoms with E-state index >= 15 is 0 Å². The Bertz CT molecular complexity index is 1370. The third-order valence-corrected chi connectivity index (χ3v) is 9.32. The molecule has 1 aliphatic heterocycles. The van der Waals surface area contributed by atoms with Crippen LogP contribution in [0.4, 0.5) is 5.69 Å². The first-order valence-corrected chi connectivity index (χ1v) is 14.0. The van der Waals surface area contributed by atoms with E-state index < -0.39 is 25.8 Å². The third-order valence-electron chi connectivity index (χ3n) is 5.51. The van der Waals surface area contributed by atoms with E-state index in [4.69, 9.17) is 16.0 Å². The highest BCUT2D eigenvalue weighted by molar-refractivity contribution is 7.91. The van der Waals surface area contributed by atoms with Gasteiger partial charge in [-0.05, 0) is 73.5 Å². The molecule has 1 aliphatic rings. The van der Waals surface area contributed by atoms with Gasteiger partial charge in [0.25, 0.3) is 5.91 Å². The molecule has 8 nitrogen and oxygen atoms in total. The maximum absolute atomic E-state index is 12.9. The van der Waals surface area contributed by atoms with Gasteiger partial charge in [0.05, 0.1) is 9.79 Å². The Labute approximate surface area is 203 Å². The fraction of sp³-hybridized carbons (Fsp3) is 0.261. The topological polar surface area (TPSA) is 114 Å². The maximum Gasteiger partial charge on any atom is 0.291 e. The van der Waals surface area contributed by atoms with E-state index in [0.29, 0.717) is 23.8 Å². The molecule has 0 saturated carbocycles.